The molecule has 0 spiro atoms. The van der Waals surface area contributed by atoms with Crippen LogP contribution >= 0.6 is 0 Å². The van der Waals surface area contributed by atoms with Crippen molar-refractivity contribution in [2.24, 2.45) is 0 Å². The molecule has 0 unspecified atom stereocenters. The highest BCUT2D eigenvalue weighted by atomic mass is 19.4. The van der Waals surface area contributed by atoms with Crippen LogP contribution < -0.4 is 5.56 Å². The molecule has 0 bridgehead atoms. The summed E-state index contributed by atoms with van der Waals surface area (Å²) in [5.74, 6) is -2.01. The van der Waals surface area contributed by atoms with E-state index in [9.17, 15) is 31.9 Å². The molecule has 1 N–H and O–H groups in total. The number of nitrogens with zero attached hydrogens (tertiary/aromatic N) is 2. The van der Waals surface area contributed by atoms with Gasteiger partial charge in [-0.05, 0) is 42.0 Å². The number of benzene rings is 2. The van der Waals surface area contributed by atoms with Gasteiger partial charge in [-0.25, -0.2) is 8.78 Å². The molecule has 148 valence electrons. The summed E-state index contributed by atoms with van der Waals surface area (Å²) in [6, 6.07) is 9.41. The minimum absolute atomic E-state index is 0.123. The van der Waals surface area contributed by atoms with Crippen LogP contribution in [-0.4, -0.2) is 9.67 Å². The van der Waals surface area contributed by atoms with Crippen LogP contribution in [0.1, 0.15) is 16.7 Å². The molecular formula is C20H11F5N2O2. The number of rotatable bonds is 3. The standard InChI is InChI=1S/C20H11F5N2O2/c21-13-4-1-12(17(22)7-13)10-27-18(11-2-5-14(28)6-3-11)8-16(20(23,24)25)15(9-26)19(27)29/h1-8,28H,10H2. The molecule has 4 nitrogen and oxygen atoms in total. The van der Waals surface area contributed by atoms with Crippen LogP contribution in [0.5, 0.6) is 5.75 Å². The minimum atomic E-state index is -4.98. The van der Waals surface area contributed by atoms with Crippen molar-refractivity contribution in [3.8, 4) is 23.1 Å². The number of phenolic OH excluding ortho intramolecular Hbond substituents is 1. The van der Waals surface area contributed by atoms with E-state index in [1.165, 1.54) is 30.3 Å². The number of pyridine rings is 1. The first-order valence-corrected chi connectivity index (χ1v) is 8.10. The Morgan fingerprint density at radius 3 is 2.24 bits per heavy atom. The predicted octanol–water partition coefficient (Wildman–Crippen LogP) is 4.44. The summed E-state index contributed by atoms with van der Waals surface area (Å²) in [5.41, 5.74) is -4.11. The molecule has 3 rings (SSSR count). The van der Waals surface area contributed by atoms with Crippen LogP contribution in [0, 0.1) is 23.0 Å². The zero-order valence-corrected chi connectivity index (χ0v) is 14.5. The molecule has 1 heterocycles. The molecule has 0 saturated carbocycles. The van der Waals surface area contributed by atoms with Crippen LogP contribution in [0.25, 0.3) is 11.3 Å². The fraction of sp³-hybridized carbons (Fsp3) is 0.100. The third-order valence-electron chi connectivity index (χ3n) is 4.22. The van der Waals surface area contributed by atoms with Gasteiger partial charge in [0.1, 0.15) is 29.0 Å². The zero-order chi connectivity index (χ0) is 21.3. The molecule has 3 aromatic rings. The fourth-order valence-corrected chi connectivity index (χ4v) is 2.83. The van der Waals surface area contributed by atoms with Gasteiger partial charge in [0.15, 0.2) is 0 Å². The summed E-state index contributed by atoms with van der Waals surface area (Å²) in [6.07, 6.45) is -4.98. The third kappa shape index (κ3) is 3.96. The molecular weight excluding hydrogens is 395 g/mol. The van der Waals surface area contributed by atoms with E-state index < -0.39 is 41.0 Å². The van der Waals surface area contributed by atoms with Crippen molar-refractivity contribution >= 4 is 0 Å². The first-order valence-electron chi connectivity index (χ1n) is 8.10. The zero-order valence-electron chi connectivity index (χ0n) is 14.5. The average Bonchev–Trinajstić information content (AvgIpc) is 2.64. The number of hydrogen-bond donors (Lipinski definition) is 1. The van der Waals surface area contributed by atoms with Gasteiger partial charge in [0, 0.05) is 11.6 Å². The quantitative estimate of drug-likeness (QED) is 0.654. The Kier molecular flexibility index (Phi) is 5.12. The monoisotopic (exact) mass is 406 g/mol. The molecule has 9 heteroatoms. The van der Waals surface area contributed by atoms with Crippen molar-refractivity contribution in [3.63, 3.8) is 0 Å². The lowest BCUT2D eigenvalue weighted by atomic mass is 10.0. The lowest BCUT2D eigenvalue weighted by molar-refractivity contribution is -0.137. The second-order valence-corrected chi connectivity index (χ2v) is 6.10. The van der Waals surface area contributed by atoms with Gasteiger partial charge in [0.2, 0.25) is 0 Å². The van der Waals surface area contributed by atoms with Crippen molar-refractivity contribution in [2.45, 2.75) is 12.7 Å². The van der Waals surface area contributed by atoms with Crippen LogP contribution in [-0.2, 0) is 12.7 Å². The SMILES string of the molecule is N#Cc1c(C(F)(F)F)cc(-c2ccc(O)cc2)n(Cc2ccc(F)cc2F)c1=O. The van der Waals surface area contributed by atoms with Crippen molar-refractivity contribution in [1.82, 2.24) is 4.57 Å². The van der Waals surface area contributed by atoms with Crippen molar-refractivity contribution in [3.05, 3.63) is 87.2 Å². The third-order valence-corrected chi connectivity index (χ3v) is 4.22. The molecule has 0 radical (unpaired) electrons. The number of aromatic hydroxyl groups is 1. The molecule has 0 atom stereocenters. The Bertz CT molecular complexity index is 1180. The highest BCUT2D eigenvalue weighted by molar-refractivity contribution is 5.63. The van der Waals surface area contributed by atoms with Gasteiger partial charge in [0.25, 0.3) is 5.56 Å². The second kappa shape index (κ2) is 7.39. The average molecular weight is 406 g/mol. The number of hydrogen-bond acceptors (Lipinski definition) is 3. The molecule has 0 fully saturated rings. The van der Waals surface area contributed by atoms with Crippen LogP contribution in [0.15, 0.2) is 53.3 Å². The molecule has 1 aromatic heterocycles. The maximum atomic E-state index is 14.1. The molecule has 2 aromatic carbocycles. The van der Waals surface area contributed by atoms with Gasteiger partial charge in [-0.3, -0.25) is 4.79 Å². The van der Waals surface area contributed by atoms with Gasteiger partial charge in [-0.1, -0.05) is 6.07 Å². The van der Waals surface area contributed by atoms with E-state index >= 15 is 0 Å². The Morgan fingerprint density at radius 1 is 1.03 bits per heavy atom. The topological polar surface area (TPSA) is 66.0 Å². The smallest absolute Gasteiger partial charge is 0.417 e. The predicted molar refractivity (Wildman–Crippen MR) is 93.0 cm³/mol. The van der Waals surface area contributed by atoms with Gasteiger partial charge in [-0.15, -0.1) is 0 Å². The fourth-order valence-electron chi connectivity index (χ4n) is 2.83. The van der Waals surface area contributed by atoms with Crippen LogP contribution in [0.4, 0.5) is 22.0 Å². The maximum Gasteiger partial charge on any atom is 0.417 e. The summed E-state index contributed by atoms with van der Waals surface area (Å²) < 4.78 is 68.2. The lowest BCUT2D eigenvalue weighted by Crippen LogP contribution is -2.29. The Morgan fingerprint density at radius 2 is 1.69 bits per heavy atom. The summed E-state index contributed by atoms with van der Waals surface area (Å²) >= 11 is 0. The van der Waals surface area contributed by atoms with E-state index in [-0.39, 0.29) is 22.6 Å². The van der Waals surface area contributed by atoms with Crippen LogP contribution in [0.3, 0.4) is 0 Å². The highest BCUT2D eigenvalue weighted by Gasteiger charge is 2.36. The lowest BCUT2D eigenvalue weighted by Gasteiger charge is -2.18. The first-order chi connectivity index (χ1) is 13.6. The second-order valence-electron chi connectivity index (χ2n) is 6.10. The normalized spacial score (nSPS) is 11.3. The molecule has 0 saturated heterocycles. The summed E-state index contributed by atoms with van der Waals surface area (Å²) in [4.78, 5) is 12.7. The summed E-state index contributed by atoms with van der Waals surface area (Å²) in [6.45, 7) is -0.534. The van der Waals surface area contributed by atoms with Crippen molar-refractivity contribution in [2.75, 3.05) is 0 Å². The molecule has 0 aliphatic rings. The number of nitriles is 1. The summed E-state index contributed by atoms with van der Waals surface area (Å²) in [7, 11) is 0. The first kappa shape index (κ1) is 20.1. The number of alkyl halides is 3. The van der Waals surface area contributed by atoms with Gasteiger partial charge in [0.05, 0.1) is 17.8 Å². The van der Waals surface area contributed by atoms with Crippen molar-refractivity contribution in [1.29, 1.82) is 5.26 Å². The van der Waals surface area contributed by atoms with E-state index in [1.807, 2.05) is 0 Å². The van der Waals surface area contributed by atoms with E-state index in [0.29, 0.717) is 12.1 Å². The Labute approximate surface area is 160 Å². The number of phenols is 1. The van der Waals surface area contributed by atoms with Crippen LogP contribution in [0.2, 0.25) is 0 Å². The van der Waals surface area contributed by atoms with E-state index in [1.54, 1.807) is 0 Å². The molecule has 0 amide bonds. The van der Waals surface area contributed by atoms with Gasteiger partial charge >= 0.3 is 6.18 Å². The van der Waals surface area contributed by atoms with E-state index in [0.717, 1.165) is 16.7 Å². The van der Waals surface area contributed by atoms with Crippen molar-refractivity contribution < 1.29 is 27.1 Å². The van der Waals surface area contributed by atoms with E-state index in [2.05, 4.69) is 0 Å². The number of halogens is 5. The largest absolute Gasteiger partial charge is 0.508 e. The number of aromatic nitrogens is 1. The Hall–Kier alpha value is -3.67. The van der Waals surface area contributed by atoms with E-state index in [4.69, 9.17) is 5.26 Å². The molecule has 29 heavy (non-hydrogen) atoms. The molecule has 0 aliphatic heterocycles. The van der Waals surface area contributed by atoms with Gasteiger partial charge in [-0.2, -0.15) is 18.4 Å². The molecule has 0 aliphatic carbocycles. The van der Waals surface area contributed by atoms with Gasteiger partial charge < -0.3 is 9.67 Å². The highest BCUT2D eigenvalue weighted by Crippen LogP contribution is 2.34. The maximum absolute atomic E-state index is 14.1. The Balaban J connectivity index is 2.31. The minimum Gasteiger partial charge on any atom is -0.508 e. The summed E-state index contributed by atoms with van der Waals surface area (Å²) in [5, 5.41) is 18.5.